The first-order valence-electron chi connectivity index (χ1n) is 5.79. The summed E-state index contributed by atoms with van der Waals surface area (Å²) in [5.41, 5.74) is 0.0851. The minimum absolute atomic E-state index is 0.0851. The van der Waals surface area contributed by atoms with Crippen molar-refractivity contribution in [2.24, 2.45) is 5.92 Å². The fourth-order valence-corrected chi connectivity index (χ4v) is 2.08. The summed E-state index contributed by atoms with van der Waals surface area (Å²) < 4.78 is 13.6. The van der Waals surface area contributed by atoms with Gasteiger partial charge in [-0.1, -0.05) is 29.8 Å². The van der Waals surface area contributed by atoms with Gasteiger partial charge in [0.15, 0.2) is 0 Å². The van der Waals surface area contributed by atoms with Crippen molar-refractivity contribution in [2.45, 2.75) is 26.3 Å². The van der Waals surface area contributed by atoms with Gasteiger partial charge in [-0.25, -0.2) is 9.18 Å². The van der Waals surface area contributed by atoms with Gasteiger partial charge in [0.2, 0.25) is 0 Å². The molecule has 0 saturated carbocycles. The van der Waals surface area contributed by atoms with Crippen LogP contribution >= 0.6 is 15.9 Å². The summed E-state index contributed by atoms with van der Waals surface area (Å²) in [5.74, 6) is -2.14. The van der Waals surface area contributed by atoms with Gasteiger partial charge >= 0.3 is 5.97 Å². The molecule has 0 saturated heterocycles. The number of carboxylic acids is 1. The number of nitrogens with one attached hydrogen (secondary N) is 1. The van der Waals surface area contributed by atoms with E-state index in [0.29, 0.717) is 10.9 Å². The van der Waals surface area contributed by atoms with Crippen LogP contribution in [0, 0.1) is 11.7 Å². The highest BCUT2D eigenvalue weighted by Gasteiger charge is 2.22. The average Bonchev–Trinajstić information content (AvgIpc) is 2.25. The van der Waals surface area contributed by atoms with Gasteiger partial charge in [0.25, 0.3) is 5.91 Å². The number of carbonyl (C=O) groups excluding carboxylic acids is 1. The molecule has 1 atom stereocenters. The molecule has 1 aromatic rings. The maximum absolute atomic E-state index is 13.2. The van der Waals surface area contributed by atoms with Crippen molar-refractivity contribution in [1.82, 2.24) is 5.32 Å². The van der Waals surface area contributed by atoms with Crippen molar-refractivity contribution < 1.29 is 19.1 Å². The highest BCUT2D eigenvalue weighted by Crippen LogP contribution is 2.15. The molecule has 0 bridgehead atoms. The fraction of sp³-hybridized carbons (Fsp3) is 0.385. The molecule has 2 N–H and O–H groups in total. The van der Waals surface area contributed by atoms with Crippen LogP contribution in [0.25, 0.3) is 0 Å². The number of benzene rings is 1. The van der Waals surface area contributed by atoms with Gasteiger partial charge < -0.3 is 10.4 Å². The van der Waals surface area contributed by atoms with Crippen LogP contribution in [-0.4, -0.2) is 23.0 Å². The minimum atomic E-state index is -1.10. The Hall–Kier alpha value is -1.43. The molecule has 0 aliphatic rings. The Morgan fingerprint density at radius 1 is 1.37 bits per heavy atom. The van der Waals surface area contributed by atoms with Gasteiger partial charge in [-0.05, 0) is 30.5 Å². The molecular weight excluding hydrogens is 317 g/mol. The van der Waals surface area contributed by atoms with Crippen LogP contribution in [0.15, 0.2) is 22.7 Å². The van der Waals surface area contributed by atoms with E-state index in [1.165, 1.54) is 12.1 Å². The molecule has 0 spiro atoms. The summed E-state index contributed by atoms with van der Waals surface area (Å²) in [4.78, 5) is 22.9. The smallest absolute Gasteiger partial charge is 0.326 e. The number of halogens is 2. The third kappa shape index (κ3) is 4.98. The zero-order chi connectivity index (χ0) is 14.6. The second kappa shape index (κ2) is 6.65. The Morgan fingerprint density at radius 3 is 2.47 bits per heavy atom. The van der Waals surface area contributed by atoms with Gasteiger partial charge in [0.05, 0.1) is 0 Å². The molecular formula is C13H15BrFNO3. The number of amides is 1. The molecule has 6 heteroatoms. The van der Waals surface area contributed by atoms with Crippen molar-refractivity contribution in [1.29, 1.82) is 0 Å². The largest absolute Gasteiger partial charge is 0.480 e. The third-order valence-corrected chi connectivity index (χ3v) is 2.89. The Labute approximate surface area is 119 Å². The van der Waals surface area contributed by atoms with E-state index in [1.54, 1.807) is 0 Å². The van der Waals surface area contributed by atoms with Crippen LogP contribution in [-0.2, 0) is 4.79 Å². The summed E-state index contributed by atoms with van der Waals surface area (Å²) >= 11 is 3.08. The molecule has 0 aliphatic heterocycles. The molecule has 0 heterocycles. The molecule has 19 heavy (non-hydrogen) atoms. The first kappa shape index (κ1) is 15.6. The van der Waals surface area contributed by atoms with E-state index in [2.05, 4.69) is 21.2 Å². The molecule has 1 rings (SSSR count). The number of aliphatic carboxylic acids is 1. The van der Waals surface area contributed by atoms with Crippen molar-refractivity contribution in [3.63, 3.8) is 0 Å². The first-order valence-corrected chi connectivity index (χ1v) is 6.58. The number of carboxylic acid groups (broad SMARTS) is 1. The Kier molecular flexibility index (Phi) is 5.47. The summed E-state index contributed by atoms with van der Waals surface area (Å²) in [5, 5.41) is 11.4. The molecule has 0 radical (unpaired) electrons. The number of rotatable bonds is 5. The van der Waals surface area contributed by atoms with Gasteiger partial charge in [-0.15, -0.1) is 0 Å². The van der Waals surface area contributed by atoms with Crippen LogP contribution in [0.2, 0.25) is 0 Å². The zero-order valence-corrected chi connectivity index (χ0v) is 12.2. The fourth-order valence-electron chi connectivity index (χ4n) is 1.62. The standard InChI is InChI=1S/C13H15BrFNO3/c1-7(2)3-11(13(18)19)16-12(17)8-4-9(14)6-10(15)5-8/h4-7,11H,3H2,1-2H3,(H,16,17)(H,18,19)/t11-/m1/s1. The second-order valence-electron chi connectivity index (χ2n) is 4.65. The summed E-state index contributed by atoms with van der Waals surface area (Å²) in [7, 11) is 0. The van der Waals surface area contributed by atoms with E-state index in [0.717, 1.165) is 6.07 Å². The third-order valence-electron chi connectivity index (χ3n) is 2.44. The summed E-state index contributed by atoms with van der Waals surface area (Å²) in [6, 6.07) is 2.75. The number of hydrogen-bond acceptors (Lipinski definition) is 2. The van der Waals surface area contributed by atoms with Gasteiger partial charge in [0, 0.05) is 10.0 Å². The first-order chi connectivity index (χ1) is 8.79. The van der Waals surface area contributed by atoms with E-state index in [4.69, 9.17) is 5.11 Å². The van der Waals surface area contributed by atoms with Crippen LogP contribution < -0.4 is 5.32 Å². The van der Waals surface area contributed by atoms with Crippen molar-refractivity contribution >= 4 is 27.8 Å². The molecule has 0 aromatic heterocycles. The molecule has 1 aromatic carbocycles. The molecule has 1 amide bonds. The summed E-state index contributed by atoms with van der Waals surface area (Å²) in [6.45, 7) is 3.72. The van der Waals surface area contributed by atoms with E-state index in [9.17, 15) is 14.0 Å². The van der Waals surface area contributed by atoms with Crippen LogP contribution in [0.4, 0.5) is 4.39 Å². The van der Waals surface area contributed by atoms with Gasteiger partial charge in [-0.2, -0.15) is 0 Å². The lowest BCUT2D eigenvalue weighted by Gasteiger charge is -2.16. The number of hydrogen-bond donors (Lipinski definition) is 2. The Morgan fingerprint density at radius 2 is 2.00 bits per heavy atom. The molecule has 0 aliphatic carbocycles. The molecule has 104 valence electrons. The predicted molar refractivity (Wildman–Crippen MR) is 72.4 cm³/mol. The van der Waals surface area contributed by atoms with E-state index in [-0.39, 0.29) is 11.5 Å². The quantitative estimate of drug-likeness (QED) is 0.871. The lowest BCUT2D eigenvalue weighted by atomic mass is 10.0. The minimum Gasteiger partial charge on any atom is -0.480 e. The lowest BCUT2D eigenvalue weighted by Crippen LogP contribution is -2.41. The van der Waals surface area contributed by atoms with Crippen molar-refractivity contribution in [2.75, 3.05) is 0 Å². The molecule has 4 nitrogen and oxygen atoms in total. The van der Waals surface area contributed by atoms with Crippen LogP contribution in [0.3, 0.4) is 0 Å². The van der Waals surface area contributed by atoms with Gasteiger partial charge in [-0.3, -0.25) is 4.79 Å². The van der Waals surface area contributed by atoms with E-state index in [1.807, 2.05) is 13.8 Å². The zero-order valence-electron chi connectivity index (χ0n) is 10.6. The number of carbonyl (C=O) groups is 2. The maximum Gasteiger partial charge on any atom is 0.326 e. The highest BCUT2D eigenvalue weighted by molar-refractivity contribution is 9.10. The molecule has 0 unspecified atom stereocenters. The monoisotopic (exact) mass is 331 g/mol. The van der Waals surface area contributed by atoms with Crippen molar-refractivity contribution in [3.8, 4) is 0 Å². The predicted octanol–water partition coefficient (Wildman–Crippen LogP) is 2.82. The summed E-state index contributed by atoms with van der Waals surface area (Å²) in [6.07, 6.45) is 0.317. The Bertz CT molecular complexity index is 471. The Balaban J connectivity index is 2.84. The van der Waals surface area contributed by atoms with Crippen LogP contribution in [0.1, 0.15) is 30.6 Å². The van der Waals surface area contributed by atoms with Gasteiger partial charge in [0.1, 0.15) is 11.9 Å². The highest BCUT2D eigenvalue weighted by atomic mass is 79.9. The normalized spacial score (nSPS) is 12.3. The lowest BCUT2D eigenvalue weighted by molar-refractivity contribution is -0.139. The average molecular weight is 332 g/mol. The SMILES string of the molecule is CC(C)C[C@@H](NC(=O)c1cc(F)cc(Br)c1)C(=O)O. The molecule has 0 fully saturated rings. The van der Waals surface area contributed by atoms with E-state index < -0.39 is 23.7 Å². The van der Waals surface area contributed by atoms with Crippen LogP contribution in [0.5, 0.6) is 0 Å². The van der Waals surface area contributed by atoms with E-state index >= 15 is 0 Å². The topological polar surface area (TPSA) is 66.4 Å². The van der Waals surface area contributed by atoms with Crippen molar-refractivity contribution in [3.05, 3.63) is 34.1 Å². The second-order valence-corrected chi connectivity index (χ2v) is 5.57. The maximum atomic E-state index is 13.2.